The molecule has 0 spiro atoms. The van der Waals surface area contributed by atoms with Gasteiger partial charge in [-0.1, -0.05) is 0 Å². The molecule has 0 aliphatic carbocycles. The van der Waals surface area contributed by atoms with Crippen LogP contribution in [0.2, 0.25) is 0 Å². The van der Waals surface area contributed by atoms with Crippen molar-refractivity contribution in [2.24, 2.45) is 0 Å². The molecular weight excluding hydrogens is 370 g/mol. The minimum atomic E-state index is -1.21. The lowest BCUT2D eigenvalue weighted by molar-refractivity contribution is -0.134. The molecule has 12 heteroatoms. The molecule has 1 saturated heterocycles. The standard InChI is InChI=1S/C16H19N7O5/c24-9-11(20-12(25)10-8-19-16(28)21-13(10)26)14(27)22-4-6-23(7-5-22)15-17-2-1-3-18-15/h1-3,8,11,24H,4-7,9H2,(H,20,25)(H2,19,21,26,28)/t11-/m0/s1. The molecule has 0 aromatic carbocycles. The van der Waals surface area contributed by atoms with Gasteiger partial charge in [-0.05, 0) is 6.07 Å². The van der Waals surface area contributed by atoms with Crippen LogP contribution >= 0.6 is 0 Å². The first kappa shape index (κ1) is 19.2. The van der Waals surface area contributed by atoms with Crippen LogP contribution in [0, 0.1) is 0 Å². The van der Waals surface area contributed by atoms with Crippen LogP contribution in [-0.2, 0) is 4.79 Å². The lowest BCUT2D eigenvalue weighted by Gasteiger charge is -2.36. The first-order valence-corrected chi connectivity index (χ1v) is 8.54. The zero-order valence-corrected chi connectivity index (χ0v) is 14.8. The van der Waals surface area contributed by atoms with E-state index in [0.717, 1.165) is 6.20 Å². The molecule has 1 fully saturated rings. The summed E-state index contributed by atoms with van der Waals surface area (Å²) >= 11 is 0. The van der Waals surface area contributed by atoms with Gasteiger partial charge in [0.05, 0.1) is 6.61 Å². The summed E-state index contributed by atoms with van der Waals surface area (Å²) in [7, 11) is 0. The zero-order chi connectivity index (χ0) is 20.1. The van der Waals surface area contributed by atoms with Crippen molar-refractivity contribution >= 4 is 17.8 Å². The zero-order valence-electron chi connectivity index (χ0n) is 14.8. The van der Waals surface area contributed by atoms with Gasteiger partial charge in [0.1, 0.15) is 11.6 Å². The van der Waals surface area contributed by atoms with Gasteiger partial charge in [0.25, 0.3) is 11.5 Å². The van der Waals surface area contributed by atoms with Crippen molar-refractivity contribution in [3.05, 3.63) is 51.1 Å². The van der Waals surface area contributed by atoms with E-state index in [4.69, 9.17) is 0 Å². The Labute approximate surface area is 158 Å². The number of H-pyrrole nitrogens is 2. The molecule has 2 aromatic heterocycles. The summed E-state index contributed by atoms with van der Waals surface area (Å²) in [5.41, 5.74) is -2.00. The largest absolute Gasteiger partial charge is 0.394 e. The number of amides is 2. The highest BCUT2D eigenvalue weighted by Gasteiger charge is 2.29. The van der Waals surface area contributed by atoms with Gasteiger partial charge < -0.3 is 25.2 Å². The van der Waals surface area contributed by atoms with Crippen molar-refractivity contribution in [3.8, 4) is 0 Å². The van der Waals surface area contributed by atoms with Crippen LogP contribution in [0.4, 0.5) is 5.95 Å². The highest BCUT2D eigenvalue weighted by atomic mass is 16.3. The molecule has 28 heavy (non-hydrogen) atoms. The summed E-state index contributed by atoms with van der Waals surface area (Å²) in [6.07, 6.45) is 4.22. The molecule has 0 saturated carbocycles. The van der Waals surface area contributed by atoms with E-state index in [-0.39, 0.29) is 5.56 Å². The average Bonchev–Trinajstić information content (AvgIpc) is 2.72. The predicted molar refractivity (Wildman–Crippen MR) is 96.8 cm³/mol. The first-order chi connectivity index (χ1) is 13.5. The number of carbonyl (C=O) groups excluding carboxylic acids is 2. The Morgan fingerprint density at radius 3 is 2.46 bits per heavy atom. The maximum Gasteiger partial charge on any atom is 0.325 e. The van der Waals surface area contributed by atoms with Gasteiger partial charge in [-0.15, -0.1) is 0 Å². The van der Waals surface area contributed by atoms with Crippen molar-refractivity contribution in [1.82, 2.24) is 30.2 Å². The number of anilines is 1. The molecule has 1 atom stereocenters. The van der Waals surface area contributed by atoms with E-state index in [1.165, 1.54) is 4.90 Å². The molecule has 1 aliphatic heterocycles. The normalized spacial score (nSPS) is 15.2. The molecule has 0 unspecified atom stereocenters. The predicted octanol–water partition coefficient (Wildman–Crippen LogP) is -2.71. The fourth-order valence-corrected chi connectivity index (χ4v) is 2.80. The fourth-order valence-electron chi connectivity index (χ4n) is 2.80. The first-order valence-electron chi connectivity index (χ1n) is 8.54. The Hall–Kier alpha value is -3.54. The highest BCUT2D eigenvalue weighted by molar-refractivity contribution is 5.97. The number of rotatable bonds is 5. The van der Waals surface area contributed by atoms with Crippen molar-refractivity contribution in [3.63, 3.8) is 0 Å². The van der Waals surface area contributed by atoms with Gasteiger partial charge in [0.15, 0.2) is 0 Å². The number of carbonyl (C=O) groups is 2. The summed E-state index contributed by atoms with van der Waals surface area (Å²) in [5.74, 6) is -0.773. The van der Waals surface area contributed by atoms with E-state index in [1.54, 1.807) is 18.5 Å². The van der Waals surface area contributed by atoms with Crippen LogP contribution < -0.4 is 21.5 Å². The monoisotopic (exact) mass is 389 g/mol. The number of piperazine rings is 1. The third-order valence-electron chi connectivity index (χ3n) is 4.28. The highest BCUT2D eigenvalue weighted by Crippen LogP contribution is 2.10. The lowest BCUT2D eigenvalue weighted by atomic mass is 10.2. The van der Waals surface area contributed by atoms with Crippen LogP contribution in [0.15, 0.2) is 34.2 Å². The third kappa shape index (κ3) is 4.23. The van der Waals surface area contributed by atoms with Gasteiger partial charge in [-0.2, -0.15) is 0 Å². The Morgan fingerprint density at radius 2 is 1.86 bits per heavy atom. The topological polar surface area (TPSA) is 164 Å². The molecule has 3 heterocycles. The molecule has 148 valence electrons. The van der Waals surface area contributed by atoms with E-state index >= 15 is 0 Å². The molecule has 0 bridgehead atoms. The quantitative estimate of drug-likeness (QED) is 0.429. The van der Waals surface area contributed by atoms with E-state index in [9.17, 15) is 24.3 Å². The summed E-state index contributed by atoms with van der Waals surface area (Å²) < 4.78 is 0. The number of nitrogens with one attached hydrogen (secondary N) is 3. The van der Waals surface area contributed by atoms with Gasteiger partial charge >= 0.3 is 5.69 Å². The third-order valence-corrected chi connectivity index (χ3v) is 4.28. The van der Waals surface area contributed by atoms with Crippen LogP contribution in [0.25, 0.3) is 0 Å². The molecule has 0 radical (unpaired) electrons. The number of aliphatic hydroxyl groups excluding tert-OH is 1. The molecule has 12 nitrogen and oxygen atoms in total. The number of nitrogens with zero attached hydrogens (tertiary/aromatic N) is 4. The van der Waals surface area contributed by atoms with E-state index in [0.29, 0.717) is 32.1 Å². The maximum atomic E-state index is 12.6. The second-order valence-corrected chi connectivity index (χ2v) is 6.06. The number of hydrogen-bond acceptors (Lipinski definition) is 8. The van der Waals surface area contributed by atoms with Crippen LogP contribution in [0.5, 0.6) is 0 Å². The summed E-state index contributed by atoms with van der Waals surface area (Å²) in [6.45, 7) is 1.10. The Bertz CT molecular complexity index is 950. The second-order valence-electron chi connectivity index (χ2n) is 6.06. The molecular formula is C16H19N7O5. The van der Waals surface area contributed by atoms with Gasteiger partial charge in [-0.3, -0.25) is 19.4 Å². The molecule has 4 N–H and O–H groups in total. The fraction of sp³-hybridized carbons (Fsp3) is 0.375. The summed E-state index contributed by atoms with van der Waals surface area (Å²) in [5, 5.41) is 11.9. The molecule has 3 rings (SSSR count). The van der Waals surface area contributed by atoms with Crippen molar-refractivity contribution in [2.45, 2.75) is 6.04 Å². The lowest BCUT2D eigenvalue weighted by Crippen LogP contribution is -2.56. The Kier molecular flexibility index (Phi) is 5.79. The van der Waals surface area contributed by atoms with Crippen molar-refractivity contribution in [1.29, 1.82) is 0 Å². The second kappa shape index (κ2) is 8.43. The minimum Gasteiger partial charge on any atom is -0.394 e. The van der Waals surface area contributed by atoms with E-state index in [1.807, 2.05) is 9.88 Å². The molecule has 2 aromatic rings. The number of hydrogen-bond donors (Lipinski definition) is 4. The number of aliphatic hydroxyl groups is 1. The summed E-state index contributed by atoms with van der Waals surface area (Å²) in [4.78, 5) is 63.4. The van der Waals surface area contributed by atoms with Crippen LogP contribution in [0.1, 0.15) is 10.4 Å². The van der Waals surface area contributed by atoms with E-state index in [2.05, 4.69) is 20.3 Å². The number of aromatic nitrogens is 4. The van der Waals surface area contributed by atoms with Crippen LogP contribution in [-0.4, -0.2) is 80.6 Å². The smallest absolute Gasteiger partial charge is 0.325 e. The van der Waals surface area contributed by atoms with E-state index < -0.39 is 35.7 Å². The van der Waals surface area contributed by atoms with Gasteiger partial charge in [-0.25, -0.2) is 14.8 Å². The van der Waals surface area contributed by atoms with Crippen molar-refractivity contribution in [2.75, 3.05) is 37.7 Å². The Balaban J connectivity index is 1.61. The van der Waals surface area contributed by atoms with Crippen molar-refractivity contribution < 1.29 is 14.7 Å². The summed E-state index contributed by atoms with van der Waals surface area (Å²) in [6, 6.07) is 0.504. The number of aromatic amines is 2. The minimum absolute atomic E-state index is 0.364. The Morgan fingerprint density at radius 1 is 1.18 bits per heavy atom. The SMILES string of the molecule is O=C(N[C@@H](CO)C(=O)N1CCN(c2ncccn2)CC1)c1c[nH]c(=O)[nH]c1=O. The van der Waals surface area contributed by atoms with Gasteiger partial charge in [0, 0.05) is 44.8 Å². The molecule has 1 aliphatic rings. The average molecular weight is 389 g/mol. The van der Waals surface area contributed by atoms with Gasteiger partial charge in [0.2, 0.25) is 11.9 Å². The maximum absolute atomic E-state index is 12.6. The van der Waals surface area contributed by atoms with Crippen LogP contribution in [0.3, 0.4) is 0 Å². The molecule has 2 amide bonds.